The highest BCUT2D eigenvalue weighted by Gasteiger charge is 2.32. The number of rotatable bonds is 18. The SMILES string of the molecule is CCCCCCCCOC(=O)N=C(C(=O)O)C(NC(=O)OCCCCCCCC)C(=O)O. The van der Waals surface area contributed by atoms with Gasteiger partial charge in [-0.2, -0.15) is 4.99 Å². The third-order valence-electron chi connectivity index (χ3n) is 4.67. The summed E-state index contributed by atoms with van der Waals surface area (Å²) in [6.07, 6.45) is 9.31. The Bertz CT molecular complexity index is 607. The Morgan fingerprint density at radius 2 is 1.22 bits per heavy atom. The minimum atomic E-state index is -2.05. The van der Waals surface area contributed by atoms with Crippen molar-refractivity contribution in [3.63, 3.8) is 0 Å². The first-order valence-corrected chi connectivity index (χ1v) is 11.5. The Balaban J connectivity index is 4.59. The molecule has 0 aliphatic rings. The molecule has 0 saturated heterocycles. The predicted molar refractivity (Wildman–Crippen MR) is 119 cm³/mol. The summed E-state index contributed by atoms with van der Waals surface area (Å²) < 4.78 is 9.76. The van der Waals surface area contributed by atoms with Crippen LogP contribution in [0.5, 0.6) is 0 Å². The maximum Gasteiger partial charge on any atom is 0.434 e. The molecule has 0 spiro atoms. The van der Waals surface area contributed by atoms with Crippen molar-refractivity contribution >= 4 is 29.8 Å². The van der Waals surface area contributed by atoms with Crippen molar-refractivity contribution in [2.45, 2.75) is 96.9 Å². The molecular weight excluding hydrogens is 420 g/mol. The van der Waals surface area contributed by atoms with E-state index in [1.54, 1.807) is 0 Å². The van der Waals surface area contributed by atoms with E-state index in [0.717, 1.165) is 64.2 Å². The minimum Gasteiger partial charge on any atom is -0.479 e. The number of carboxylic acid groups (broad SMARTS) is 2. The van der Waals surface area contributed by atoms with Crippen molar-refractivity contribution in [1.29, 1.82) is 0 Å². The highest BCUT2D eigenvalue weighted by atomic mass is 16.6. The molecule has 32 heavy (non-hydrogen) atoms. The molecule has 0 aliphatic heterocycles. The fourth-order valence-electron chi connectivity index (χ4n) is 2.86. The fraction of sp³-hybridized carbons (Fsp3) is 0.773. The molecule has 2 amide bonds. The van der Waals surface area contributed by atoms with Gasteiger partial charge in [-0.05, 0) is 12.8 Å². The highest BCUT2D eigenvalue weighted by molar-refractivity contribution is 6.43. The Kier molecular flexibility index (Phi) is 17.5. The lowest BCUT2D eigenvalue weighted by Gasteiger charge is -2.14. The van der Waals surface area contributed by atoms with Crippen LogP contribution >= 0.6 is 0 Å². The summed E-state index contributed by atoms with van der Waals surface area (Å²) in [4.78, 5) is 49.8. The van der Waals surface area contributed by atoms with Crippen LogP contribution in [-0.4, -0.2) is 59.3 Å². The molecule has 184 valence electrons. The van der Waals surface area contributed by atoms with Gasteiger partial charge in [0.2, 0.25) is 0 Å². The predicted octanol–water partition coefficient (Wildman–Crippen LogP) is 4.55. The zero-order valence-electron chi connectivity index (χ0n) is 19.3. The summed E-state index contributed by atoms with van der Waals surface area (Å²) >= 11 is 0. The van der Waals surface area contributed by atoms with Crippen LogP contribution in [0.15, 0.2) is 4.99 Å². The standard InChI is InChI=1S/C22H38N2O8/c1-3-5-7-9-11-13-15-31-21(29)23-17(19(25)26)18(20(27)28)24-22(30)32-16-14-12-10-8-6-4-2/h17H,3-16H2,1-2H3,(H,23,29)(H,25,26)(H,27,28). The molecular formula is C22H38N2O8. The molecule has 1 unspecified atom stereocenters. The van der Waals surface area contributed by atoms with Crippen molar-refractivity contribution < 1.29 is 38.9 Å². The molecule has 0 rings (SSSR count). The van der Waals surface area contributed by atoms with Gasteiger partial charge in [-0.3, -0.25) is 0 Å². The van der Waals surface area contributed by atoms with Gasteiger partial charge in [-0.1, -0.05) is 78.1 Å². The number of carbonyl (C=O) groups excluding carboxylic acids is 2. The van der Waals surface area contributed by atoms with E-state index in [0.29, 0.717) is 12.8 Å². The first-order valence-electron chi connectivity index (χ1n) is 11.5. The van der Waals surface area contributed by atoms with Gasteiger partial charge in [0.1, 0.15) is 0 Å². The van der Waals surface area contributed by atoms with Crippen LogP contribution in [0.1, 0.15) is 90.9 Å². The number of hydrogen-bond acceptors (Lipinski definition) is 6. The molecule has 0 fully saturated rings. The summed E-state index contributed by atoms with van der Waals surface area (Å²) in [6.45, 7) is 4.33. The topological polar surface area (TPSA) is 152 Å². The average Bonchev–Trinajstić information content (AvgIpc) is 2.74. The van der Waals surface area contributed by atoms with Gasteiger partial charge in [0.25, 0.3) is 0 Å². The molecule has 3 N–H and O–H groups in total. The highest BCUT2D eigenvalue weighted by Crippen LogP contribution is 2.06. The molecule has 0 bridgehead atoms. The van der Waals surface area contributed by atoms with Crippen LogP contribution in [0, 0.1) is 0 Å². The number of unbranched alkanes of at least 4 members (excludes halogenated alkanes) is 10. The maximum absolute atomic E-state index is 11.9. The molecule has 1 atom stereocenters. The van der Waals surface area contributed by atoms with Gasteiger partial charge in [-0.15, -0.1) is 0 Å². The number of nitrogens with one attached hydrogen (secondary N) is 1. The monoisotopic (exact) mass is 458 g/mol. The number of carbonyl (C=O) groups is 4. The fourth-order valence-corrected chi connectivity index (χ4v) is 2.86. The van der Waals surface area contributed by atoms with Crippen molar-refractivity contribution in [1.82, 2.24) is 5.32 Å². The van der Waals surface area contributed by atoms with E-state index in [2.05, 4.69) is 18.8 Å². The second kappa shape index (κ2) is 19.1. The van der Waals surface area contributed by atoms with Crippen LogP contribution in [0.2, 0.25) is 0 Å². The van der Waals surface area contributed by atoms with Crippen LogP contribution in [0.4, 0.5) is 9.59 Å². The number of nitrogens with zero attached hydrogens (tertiary/aromatic N) is 1. The Labute approximate surface area is 189 Å². The minimum absolute atomic E-state index is 0.0484. The third kappa shape index (κ3) is 15.2. The van der Waals surface area contributed by atoms with E-state index >= 15 is 0 Å². The van der Waals surface area contributed by atoms with E-state index in [1.807, 2.05) is 5.32 Å². The normalized spacial score (nSPS) is 12.1. The number of alkyl carbamates (subject to hydrolysis) is 1. The lowest BCUT2D eigenvalue weighted by atomic mass is 10.1. The summed E-state index contributed by atoms with van der Waals surface area (Å²) in [5.41, 5.74) is -1.05. The first kappa shape index (κ1) is 29.4. The van der Waals surface area contributed by atoms with E-state index in [1.165, 1.54) is 0 Å². The third-order valence-corrected chi connectivity index (χ3v) is 4.67. The number of aliphatic carboxylic acids is 2. The molecule has 0 saturated carbocycles. The molecule has 0 aromatic carbocycles. The quantitative estimate of drug-likeness (QED) is 0.200. The van der Waals surface area contributed by atoms with Crippen molar-refractivity contribution in [3.05, 3.63) is 0 Å². The van der Waals surface area contributed by atoms with E-state index in [4.69, 9.17) is 9.47 Å². The van der Waals surface area contributed by atoms with Gasteiger partial charge in [0.05, 0.1) is 13.2 Å². The molecule has 0 aromatic heterocycles. The lowest BCUT2D eigenvalue weighted by Crippen LogP contribution is -2.49. The summed E-state index contributed by atoms with van der Waals surface area (Å²) in [5, 5.41) is 20.5. The van der Waals surface area contributed by atoms with Gasteiger partial charge in [0, 0.05) is 0 Å². The van der Waals surface area contributed by atoms with Gasteiger partial charge in [-0.25, -0.2) is 19.2 Å². The number of carboxylic acids is 2. The Morgan fingerprint density at radius 3 is 1.69 bits per heavy atom. The smallest absolute Gasteiger partial charge is 0.434 e. The first-order chi connectivity index (χ1) is 15.3. The van der Waals surface area contributed by atoms with Crippen molar-refractivity contribution in [2.75, 3.05) is 13.2 Å². The lowest BCUT2D eigenvalue weighted by molar-refractivity contribution is -0.139. The molecule has 10 heteroatoms. The zero-order valence-corrected chi connectivity index (χ0v) is 19.3. The molecule has 10 nitrogen and oxygen atoms in total. The molecule has 0 aliphatic carbocycles. The molecule has 0 aromatic rings. The average molecular weight is 459 g/mol. The number of aliphatic imine (C=N–C) groups is 1. The van der Waals surface area contributed by atoms with E-state index in [9.17, 15) is 29.4 Å². The van der Waals surface area contributed by atoms with Gasteiger partial charge in [0.15, 0.2) is 11.8 Å². The van der Waals surface area contributed by atoms with Crippen LogP contribution < -0.4 is 5.32 Å². The second-order valence-corrected chi connectivity index (χ2v) is 7.50. The second-order valence-electron chi connectivity index (χ2n) is 7.50. The van der Waals surface area contributed by atoms with Crippen molar-refractivity contribution in [2.24, 2.45) is 4.99 Å². The number of ether oxygens (including phenoxy) is 2. The number of hydrogen-bond donors (Lipinski definition) is 3. The van der Waals surface area contributed by atoms with Crippen LogP contribution in [0.25, 0.3) is 0 Å². The Morgan fingerprint density at radius 1 is 0.750 bits per heavy atom. The molecule has 0 heterocycles. The van der Waals surface area contributed by atoms with Gasteiger partial charge >= 0.3 is 24.1 Å². The summed E-state index contributed by atoms with van der Waals surface area (Å²) in [7, 11) is 0. The molecule has 0 radical (unpaired) electrons. The van der Waals surface area contributed by atoms with E-state index in [-0.39, 0.29) is 13.2 Å². The maximum atomic E-state index is 11.9. The van der Waals surface area contributed by atoms with Crippen molar-refractivity contribution in [3.8, 4) is 0 Å². The van der Waals surface area contributed by atoms with Gasteiger partial charge < -0.3 is 25.0 Å². The zero-order chi connectivity index (χ0) is 24.2. The van der Waals surface area contributed by atoms with E-state index < -0.39 is 35.9 Å². The van der Waals surface area contributed by atoms with Crippen LogP contribution in [-0.2, 0) is 19.1 Å². The number of amides is 2. The largest absolute Gasteiger partial charge is 0.479 e. The Hall–Kier alpha value is -2.65. The summed E-state index contributed by atoms with van der Waals surface area (Å²) in [5.74, 6) is -3.45. The van der Waals surface area contributed by atoms with Crippen LogP contribution in [0.3, 0.4) is 0 Å². The summed E-state index contributed by atoms with van der Waals surface area (Å²) in [6, 6.07) is -2.05.